The van der Waals surface area contributed by atoms with Crippen LogP contribution in [0, 0.1) is 0 Å². The highest BCUT2D eigenvalue weighted by atomic mass is 35.5. The highest BCUT2D eigenvalue weighted by molar-refractivity contribution is 7.92. The maximum Gasteiger partial charge on any atom is 0.255 e. The van der Waals surface area contributed by atoms with Gasteiger partial charge in [0.1, 0.15) is 0 Å². The maximum atomic E-state index is 12.6. The lowest BCUT2D eigenvalue weighted by atomic mass is 10.1. The van der Waals surface area contributed by atoms with Gasteiger partial charge < -0.3 is 10.1 Å². The van der Waals surface area contributed by atoms with Crippen LogP contribution in [0.2, 0.25) is 10.0 Å². The van der Waals surface area contributed by atoms with E-state index >= 15 is 0 Å². The zero-order valence-corrected chi connectivity index (χ0v) is 19.8. The molecule has 0 bridgehead atoms. The summed E-state index contributed by atoms with van der Waals surface area (Å²) < 4.78 is 31.1. The Morgan fingerprint density at radius 1 is 0.969 bits per heavy atom. The van der Waals surface area contributed by atoms with Crippen molar-refractivity contribution in [3.63, 3.8) is 0 Å². The SMILES string of the molecule is COCc1cccc(NC(=O)c2ccc(CN(c3c(Cl)cccc3Cl)S(C)(=O)=O)cc2)c1. The van der Waals surface area contributed by atoms with Crippen LogP contribution in [0.25, 0.3) is 0 Å². The second-order valence-corrected chi connectivity index (χ2v) is 9.85. The van der Waals surface area contributed by atoms with Crippen molar-refractivity contribution in [3.8, 4) is 0 Å². The Hall–Kier alpha value is -2.58. The van der Waals surface area contributed by atoms with E-state index in [0.29, 0.717) is 23.4 Å². The summed E-state index contributed by atoms with van der Waals surface area (Å²) in [5, 5.41) is 3.31. The normalized spacial score (nSPS) is 11.2. The number of carbonyl (C=O) groups is 1. The van der Waals surface area contributed by atoms with E-state index in [9.17, 15) is 13.2 Å². The third-order valence-corrected chi connectivity index (χ3v) is 6.35. The lowest BCUT2D eigenvalue weighted by molar-refractivity contribution is 0.102. The fourth-order valence-corrected chi connectivity index (χ4v) is 4.74. The predicted molar refractivity (Wildman–Crippen MR) is 129 cm³/mol. The largest absolute Gasteiger partial charge is 0.380 e. The van der Waals surface area contributed by atoms with Gasteiger partial charge in [-0.1, -0.05) is 53.5 Å². The van der Waals surface area contributed by atoms with Gasteiger partial charge in [-0.05, 0) is 47.5 Å². The van der Waals surface area contributed by atoms with Crippen molar-refractivity contribution in [2.75, 3.05) is 23.0 Å². The number of ether oxygens (including phenoxy) is 1. The molecule has 168 valence electrons. The zero-order chi connectivity index (χ0) is 23.3. The average molecular weight is 493 g/mol. The number of amides is 1. The minimum Gasteiger partial charge on any atom is -0.380 e. The van der Waals surface area contributed by atoms with Crippen molar-refractivity contribution >= 4 is 50.5 Å². The number of benzene rings is 3. The van der Waals surface area contributed by atoms with E-state index in [-0.39, 0.29) is 28.2 Å². The first-order chi connectivity index (χ1) is 15.2. The van der Waals surface area contributed by atoms with Crippen LogP contribution < -0.4 is 9.62 Å². The molecule has 0 saturated heterocycles. The summed E-state index contributed by atoms with van der Waals surface area (Å²) in [5.41, 5.74) is 2.93. The summed E-state index contributed by atoms with van der Waals surface area (Å²) in [6, 6.07) is 18.9. The quantitative estimate of drug-likeness (QED) is 0.459. The van der Waals surface area contributed by atoms with Crippen LogP contribution in [0.5, 0.6) is 0 Å². The second-order valence-electron chi connectivity index (χ2n) is 7.12. The Balaban J connectivity index is 1.78. The molecule has 6 nitrogen and oxygen atoms in total. The molecule has 0 heterocycles. The molecule has 0 atom stereocenters. The molecule has 9 heteroatoms. The molecule has 1 amide bonds. The number of hydrogen-bond acceptors (Lipinski definition) is 4. The number of nitrogens with one attached hydrogen (secondary N) is 1. The molecule has 3 aromatic carbocycles. The summed E-state index contributed by atoms with van der Waals surface area (Å²) in [4.78, 5) is 12.6. The third kappa shape index (κ3) is 6.01. The molecule has 0 radical (unpaired) electrons. The number of hydrogen-bond donors (Lipinski definition) is 1. The topological polar surface area (TPSA) is 75.7 Å². The minimum atomic E-state index is -3.66. The fraction of sp³-hybridized carbons (Fsp3) is 0.174. The molecule has 0 aliphatic carbocycles. The number of carbonyl (C=O) groups excluding carboxylic acids is 1. The van der Waals surface area contributed by atoms with Crippen LogP contribution in [0.3, 0.4) is 0 Å². The molecule has 0 unspecified atom stereocenters. The first-order valence-corrected chi connectivity index (χ1v) is 12.2. The second kappa shape index (κ2) is 10.4. The van der Waals surface area contributed by atoms with Crippen molar-refractivity contribution < 1.29 is 17.9 Å². The van der Waals surface area contributed by atoms with Crippen LogP contribution in [0.4, 0.5) is 11.4 Å². The van der Waals surface area contributed by atoms with Crippen LogP contribution in [0.1, 0.15) is 21.5 Å². The van der Waals surface area contributed by atoms with Crippen molar-refractivity contribution in [1.82, 2.24) is 0 Å². The lowest BCUT2D eigenvalue weighted by Crippen LogP contribution is -2.29. The number of halogens is 2. The van der Waals surface area contributed by atoms with Gasteiger partial charge in [0.2, 0.25) is 10.0 Å². The molecular formula is C23H22Cl2N2O4S. The van der Waals surface area contributed by atoms with E-state index in [2.05, 4.69) is 5.32 Å². The Kier molecular flexibility index (Phi) is 7.79. The molecule has 0 spiro atoms. The van der Waals surface area contributed by atoms with E-state index in [1.54, 1.807) is 55.6 Å². The number of para-hydroxylation sites is 1. The van der Waals surface area contributed by atoms with Gasteiger partial charge in [-0.25, -0.2) is 8.42 Å². The van der Waals surface area contributed by atoms with E-state index in [1.807, 2.05) is 18.2 Å². The zero-order valence-electron chi connectivity index (χ0n) is 17.5. The Morgan fingerprint density at radius 2 is 1.59 bits per heavy atom. The van der Waals surface area contributed by atoms with E-state index < -0.39 is 10.0 Å². The summed E-state index contributed by atoms with van der Waals surface area (Å²) in [5.74, 6) is -0.278. The molecular weight excluding hydrogens is 471 g/mol. The molecule has 0 saturated carbocycles. The third-order valence-electron chi connectivity index (χ3n) is 4.63. The van der Waals surface area contributed by atoms with E-state index in [0.717, 1.165) is 16.1 Å². The standard InChI is InChI=1S/C23H22Cl2N2O4S/c1-31-15-17-5-3-6-19(13-17)26-23(28)18-11-9-16(10-12-18)14-27(32(2,29)30)22-20(24)7-4-8-21(22)25/h3-13H,14-15H2,1-2H3,(H,26,28). The van der Waals surface area contributed by atoms with Gasteiger partial charge in [0.15, 0.2) is 0 Å². The van der Waals surface area contributed by atoms with Crippen LogP contribution >= 0.6 is 23.2 Å². The average Bonchev–Trinajstić information content (AvgIpc) is 2.73. The van der Waals surface area contributed by atoms with Gasteiger partial charge in [0.05, 0.1) is 35.1 Å². The number of methoxy groups -OCH3 is 1. The smallest absolute Gasteiger partial charge is 0.255 e. The van der Waals surface area contributed by atoms with Gasteiger partial charge in [0, 0.05) is 18.4 Å². The minimum absolute atomic E-state index is 0.0171. The van der Waals surface area contributed by atoms with Gasteiger partial charge in [-0.3, -0.25) is 9.10 Å². The Morgan fingerprint density at radius 3 is 2.19 bits per heavy atom. The van der Waals surface area contributed by atoms with Crippen LogP contribution in [0.15, 0.2) is 66.7 Å². The summed E-state index contributed by atoms with van der Waals surface area (Å²) in [7, 11) is -2.05. The molecule has 0 fully saturated rings. The molecule has 0 aliphatic heterocycles. The van der Waals surface area contributed by atoms with Crippen molar-refractivity contribution in [3.05, 3.63) is 93.5 Å². The van der Waals surface area contributed by atoms with E-state index in [4.69, 9.17) is 27.9 Å². The number of sulfonamides is 1. The lowest BCUT2D eigenvalue weighted by Gasteiger charge is -2.24. The summed E-state index contributed by atoms with van der Waals surface area (Å²) >= 11 is 12.4. The number of anilines is 2. The van der Waals surface area contributed by atoms with Crippen molar-refractivity contribution in [2.24, 2.45) is 0 Å². The van der Waals surface area contributed by atoms with Crippen molar-refractivity contribution in [1.29, 1.82) is 0 Å². The van der Waals surface area contributed by atoms with Crippen molar-refractivity contribution in [2.45, 2.75) is 13.2 Å². The predicted octanol–water partition coefficient (Wildman–Crippen LogP) is 5.36. The van der Waals surface area contributed by atoms with Gasteiger partial charge >= 0.3 is 0 Å². The Labute approximate surface area is 197 Å². The van der Waals surface area contributed by atoms with Gasteiger partial charge in [-0.2, -0.15) is 0 Å². The number of nitrogens with zero attached hydrogens (tertiary/aromatic N) is 1. The first kappa shape index (κ1) is 24.1. The molecule has 32 heavy (non-hydrogen) atoms. The highest BCUT2D eigenvalue weighted by Crippen LogP contribution is 2.35. The van der Waals surface area contributed by atoms with Crippen LogP contribution in [-0.2, 0) is 27.9 Å². The number of rotatable bonds is 8. The molecule has 3 rings (SSSR count). The van der Waals surface area contributed by atoms with Crippen LogP contribution in [-0.4, -0.2) is 27.7 Å². The molecule has 3 aromatic rings. The molecule has 0 aromatic heterocycles. The highest BCUT2D eigenvalue weighted by Gasteiger charge is 2.23. The monoisotopic (exact) mass is 492 g/mol. The summed E-state index contributed by atoms with van der Waals surface area (Å²) in [6.07, 6.45) is 1.09. The maximum absolute atomic E-state index is 12.6. The first-order valence-electron chi connectivity index (χ1n) is 9.59. The van der Waals surface area contributed by atoms with Gasteiger partial charge in [0.25, 0.3) is 5.91 Å². The molecule has 0 aliphatic rings. The van der Waals surface area contributed by atoms with E-state index in [1.165, 1.54) is 0 Å². The fourth-order valence-electron chi connectivity index (χ4n) is 3.13. The Bertz CT molecular complexity index is 1190. The summed E-state index contributed by atoms with van der Waals surface area (Å²) in [6.45, 7) is 0.466. The van der Waals surface area contributed by atoms with Gasteiger partial charge in [-0.15, -0.1) is 0 Å². The molecule has 1 N–H and O–H groups in total.